The lowest BCUT2D eigenvalue weighted by Crippen LogP contribution is -2.43. The summed E-state index contributed by atoms with van der Waals surface area (Å²) in [6.45, 7) is 4.63. The molecule has 0 N–H and O–H groups in total. The molecule has 0 spiro atoms. The molecule has 0 atom stereocenters. The molecule has 0 radical (unpaired) electrons. The number of halogens is 3. The van der Waals surface area contributed by atoms with E-state index in [0.717, 1.165) is 17.7 Å². The largest absolute Gasteiger partial charge is 0.490 e. The maximum Gasteiger partial charge on any atom is 0.417 e. The number of benzene rings is 2. The summed E-state index contributed by atoms with van der Waals surface area (Å²) >= 11 is 0. The van der Waals surface area contributed by atoms with Crippen LogP contribution in [0.25, 0.3) is 0 Å². The van der Waals surface area contributed by atoms with E-state index in [1.54, 1.807) is 4.90 Å². The van der Waals surface area contributed by atoms with Gasteiger partial charge >= 0.3 is 18.2 Å². The van der Waals surface area contributed by atoms with Crippen LogP contribution in [0.3, 0.4) is 0 Å². The van der Waals surface area contributed by atoms with Crippen molar-refractivity contribution in [1.29, 1.82) is 0 Å². The zero-order valence-corrected chi connectivity index (χ0v) is 22.1. The van der Waals surface area contributed by atoms with Gasteiger partial charge in [-0.2, -0.15) is 13.2 Å². The monoisotopic (exact) mass is 570 g/mol. The van der Waals surface area contributed by atoms with Gasteiger partial charge in [0.2, 0.25) is 5.88 Å². The highest BCUT2D eigenvalue weighted by Crippen LogP contribution is 2.30. The summed E-state index contributed by atoms with van der Waals surface area (Å²) < 4.78 is 60.1. The Labute approximate surface area is 235 Å². The third kappa shape index (κ3) is 8.99. The van der Waals surface area contributed by atoms with Gasteiger partial charge in [0.25, 0.3) is 0 Å². The van der Waals surface area contributed by atoms with Gasteiger partial charge < -0.3 is 23.8 Å². The highest BCUT2D eigenvalue weighted by Gasteiger charge is 2.30. The van der Waals surface area contributed by atoms with E-state index in [-0.39, 0.29) is 31.0 Å². The third-order valence-electron chi connectivity index (χ3n) is 6.20. The Balaban J connectivity index is 1.20. The molecule has 1 aliphatic rings. The molecule has 4 rings (SSSR count). The summed E-state index contributed by atoms with van der Waals surface area (Å²) in [7, 11) is 0. The van der Waals surface area contributed by atoms with Crippen LogP contribution in [0.1, 0.15) is 30.4 Å². The van der Waals surface area contributed by atoms with E-state index in [2.05, 4.69) is 11.6 Å². The first-order valence-electron chi connectivity index (χ1n) is 13.0. The summed E-state index contributed by atoms with van der Waals surface area (Å²) in [5.74, 6) is 1.05. The number of hydrogen-bond donors (Lipinski definition) is 0. The number of ether oxygens (including phenoxy) is 4. The van der Waals surface area contributed by atoms with Crippen molar-refractivity contribution in [3.05, 3.63) is 90.6 Å². The first-order valence-corrected chi connectivity index (χ1v) is 13.0. The van der Waals surface area contributed by atoms with Crippen molar-refractivity contribution >= 4 is 12.1 Å². The van der Waals surface area contributed by atoms with Crippen LogP contribution in [0.5, 0.6) is 23.1 Å². The Kier molecular flexibility index (Phi) is 9.83. The molecule has 2 heterocycles. The number of hydrogen-bond acceptors (Lipinski definition) is 7. The number of piperidine rings is 1. The minimum atomic E-state index is -4.48. The number of carbonyl (C=O) groups excluding carboxylic acids is 2. The lowest BCUT2D eigenvalue weighted by molar-refractivity contribution is -0.142. The molecule has 1 aromatic heterocycles. The molecule has 0 bridgehead atoms. The van der Waals surface area contributed by atoms with Crippen LogP contribution >= 0.6 is 0 Å². The van der Waals surface area contributed by atoms with E-state index < -0.39 is 17.8 Å². The maximum absolute atomic E-state index is 12.7. The molecule has 1 aliphatic heterocycles. The van der Waals surface area contributed by atoms with Crippen LogP contribution in [-0.4, -0.2) is 47.7 Å². The number of aryl methyl sites for hydroxylation is 1. The van der Waals surface area contributed by atoms with Gasteiger partial charge in [0.1, 0.15) is 30.0 Å². The van der Waals surface area contributed by atoms with Crippen molar-refractivity contribution in [2.24, 2.45) is 0 Å². The van der Waals surface area contributed by atoms with Crippen molar-refractivity contribution in [1.82, 2.24) is 9.88 Å². The summed E-state index contributed by atoms with van der Waals surface area (Å²) in [4.78, 5) is 29.6. The van der Waals surface area contributed by atoms with E-state index in [4.69, 9.17) is 18.9 Å². The topological polar surface area (TPSA) is 87.2 Å². The van der Waals surface area contributed by atoms with E-state index in [1.807, 2.05) is 24.3 Å². The van der Waals surface area contributed by atoms with Crippen LogP contribution < -0.4 is 14.2 Å². The molecule has 0 unspecified atom stereocenters. The van der Waals surface area contributed by atoms with E-state index >= 15 is 0 Å². The smallest absolute Gasteiger partial charge is 0.417 e. The second-order valence-corrected chi connectivity index (χ2v) is 9.25. The quantitative estimate of drug-likeness (QED) is 0.201. The number of aromatic nitrogens is 1. The highest BCUT2D eigenvalue weighted by atomic mass is 19.4. The molecular weight excluding hydrogens is 541 g/mol. The lowest BCUT2D eigenvalue weighted by atomic mass is 10.1. The number of rotatable bonds is 10. The molecule has 1 saturated heterocycles. The molecule has 1 fully saturated rings. The molecule has 0 saturated carbocycles. The van der Waals surface area contributed by atoms with Gasteiger partial charge in [-0.15, -0.1) is 0 Å². The summed E-state index contributed by atoms with van der Waals surface area (Å²) in [6.07, 6.45) is -0.755. The third-order valence-corrected chi connectivity index (χ3v) is 6.20. The van der Waals surface area contributed by atoms with Gasteiger partial charge in [0.15, 0.2) is 0 Å². The summed E-state index contributed by atoms with van der Waals surface area (Å²) in [6, 6.07) is 15.7. The number of carbonyl (C=O) groups is 2. The Bertz CT molecular complexity index is 1320. The lowest BCUT2D eigenvalue weighted by Gasteiger charge is -2.31. The predicted octanol–water partition coefficient (Wildman–Crippen LogP) is 6.60. The number of nitrogens with zero attached hydrogens (tertiary/aromatic N) is 2. The van der Waals surface area contributed by atoms with Crippen molar-refractivity contribution < 1.29 is 41.7 Å². The zero-order valence-electron chi connectivity index (χ0n) is 22.1. The summed E-state index contributed by atoms with van der Waals surface area (Å²) in [5.41, 5.74) is 0.0960. The van der Waals surface area contributed by atoms with Crippen LogP contribution in [0, 0.1) is 0 Å². The molecule has 41 heavy (non-hydrogen) atoms. The Morgan fingerprint density at radius 1 is 1.00 bits per heavy atom. The number of amides is 1. The number of alkyl halides is 3. The Morgan fingerprint density at radius 2 is 1.73 bits per heavy atom. The fraction of sp³-hybridized carbons (Fsp3) is 0.300. The maximum atomic E-state index is 12.7. The molecule has 216 valence electrons. The first kappa shape index (κ1) is 29.4. The second kappa shape index (κ2) is 13.7. The number of pyridine rings is 1. The van der Waals surface area contributed by atoms with Crippen LogP contribution in [-0.2, 0) is 22.1 Å². The fourth-order valence-corrected chi connectivity index (χ4v) is 4.06. The molecule has 11 heteroatoms. The molecule has 1 amide bonds. The van der Waals surface area contributed by atoms with Crippen molar-refractivity contribution in [2.75, 3.05) is 19.7 Å². The van der Waals surface area contributed by atoms with Gasteiger partial charge in [0.05, 0.1) is 5.56 Å². The Hall–Kier alpha value is -4.54. The number of likely N-dealkylation sites (tertiary alicyclic amines) is 1. The van der Waals surface area contributed by atoms with E-state index in [0.29, 0.717) is 55.8 Å². The van der Waals surface area contributed by atoms with Gasteiger partial charge in [-0.3, -0.25) is 4.79 Å². The van der Waals surface area contributed by atoms with Crippen molar-refractivity contribution in [3.8, 4) is 23.1 Å². The minimum Gasteiger partial charge on any atom is -0.490 e. The van der Waals surface area contributed by atoms with Gasteiger partial charge in [0, 0.05) is 44.6 Å². The molecule has 0 aliphatic carbocycles. The van der Waals surface area contributed by atoms with Crippen molar-refractivity contribution in [2.45, 2.75) is 38.0 Å². The van der Waals surface area contributed by atoms with Gasteiger partial charge in [-0.25, -0.2) is 9.78 Å². The average Bonchev–Trinajstić information content (AvgIpc) is 2.96. The fourth-order valence-electron chi connectivity index (χ4n) is 4.06. The SMILES string of the molecule is C=CCOC(=O)CCc1cccc(OC2CCN(C(=O)Oc3ccc(Oc4ccc(C(F)(F)F)cn4)cc3)CC2)c1. The first-order chi connectivity index (χ1) is 19.7. The standard InChI is InChI=1S/C30H29F3N2O6/c1-2-18-38-28(36)13-6-21-4-3-5-26(19-21)39-25-14-16-35(17-15-25)29(37)41-24-10-8-23(9-11-24)40-27-12-7-22(20-34-27)30(31,32)33/h2-5,7-12,19-20,25H,1,6,13-18H2. The van der Waals surface area contributed by atoms with Crippen molar-refractivity contribution in [3.63, 3.8) is 0 Å². The van der Waals surface area contributed by atoms with E-state index in [1.165, 1.54) is 30.3 Å². The number of esters is 1. The van der Waals surface area contributed by atoms with Gasteiger partial charge in [-0.05, 0) is 54.4 Å². The molecule has 8 nitrogen and oxygen atoms in total. The Morgan fingerprint density at radius 3 is 2.39 bits per heavy atom. The average molecular weight is 571 g/mol. The van der Waals surface area contributed by atoms with Gasteiger partial charge in [-0.1, -0.05) is 24.8 Å². The van der Waals surface area contributed by atoms with Crippen LogP contribution in [0.2, 0.25) is 0 Å². The minimum absolute atomic E-state index is 0.00325. The zero-order chi connectivity index (χ0) is 29.2. The second-order valence-electron chi connectivity index (χ2n) is 9.25. The van der Waals surface area contributed by atoms with Crippen LogP contribution in [0.15, 0.2) is 79.5 Å². The normalized spacial score (nSPS) is 13.8. The summed E-state index contributed by atoms with van der Waals surface area (Å²) in [5, 5.41) is 0. The van der Waals surface area contributed by atoms with E-state index in [9.17, 15) is 22.8 Å². The molecule has 3 aromatic rings. The molecular formula is C30H29F3N2O6. The highest BCUT2D eigenvalue weighted by molar-refractivity contribution is 5.71. The predicted molar refractivity (Wildman–Crippen MR) is 143 cm³/mol. The van der Waals surface area contributed by atoms with Crippen LogP contribution in [0.4, 0.5) is 18.0 Å². The molecule has 2 aromatic carbocycles.